The third-order valence-corrected chi connectivity index (χ3v) is 5.75. The van der Waals surface area contributed by atoms with Crippen LogP contribution in [0.5, 0.6) is 0 Å². The fourth-order valence-electron chi connectivity index (χ4n) is 3.71. The van der Waals surface area contributed by atoms with Crippen LogP contribution in [0.4, 0.5) is 10.5 Å². The number of carbonyl (C=O) groups excluding carboxylic acids is 3. The van der Waals surface area contributed by atoms with Gasteiger partial charge in [0.15, 0.2) is 0 Å². The zero-order chi connectivity index (χ0) is 26.6. The van der Waals surface area contributed by atoms with E-state index in [1.54, 1.807) is 48.3 Å². The van der Waals surface area contributed by atoms with Crippen LogP contribution in [0.25, 0.3) is 0 Å². The zero-order valence-electron chi connectivity index (χ0n) is 21.0. The molecule has 10 heteroatoms. The summed E-state index contributed by atoms with van der Waals surface area (Å²) in [6, 6.07) is 17.0. The molecule has 1 aromatic heterocycles. The molecule has 2 aromatic carbocycles. The standard InChI is InChI=1S/C27H33N5O5/c1-19(33)28-16-7-6-10-23(31-27(36)37-18-20-8-4-3-5-9-20)26(35)30-22-13-11-21(12-14-22)25(34)24-15-17-29-32(24)2/h3-5,8-9,11-15,17,23,25,34H,6-7,10,16,18H2,1-2H3,(H,28,33)(H,30,35)(H,31,36)/t23-,25?/m0/s1. The van der Waals surface area contributed by atoms with Crippen molar-refractivity contribution in [1.29, 1.82) is 0 Å². The van der Waals surface area contributed by atoms with Crippen molar-refractivity contribution >= 4 is 23.6 Å². The third kappa shape index (κ3) is 8.76. The largest absolute Gasteiger partial charge is 0.445 e. The van der Waals surface area contributed by atoms with Crippen LogP contribution < -0.4 is 16.0 Å². The highest BCUT2D eigenvalue weighted by atomic mass is 16.5. The van der Waals surface area contributed by atoms with Gasteiger partial charge in [0.25, 0.3) is 0 Å². The molecule has 4 N–H and O–H groups in total. The number of aromatic nitrogens is 2. The summed E-state index contributed by atoms with van der Waals surface area (Å²) in [4.78, 5) is 36.5. The Bertz CT molecular complexity index is 1160. The second-order valence-electron chi connectivity index (χ2n) is 8.63. The van der Waals surface area contributed by atoms with E-state index in [4.69, 9.17) is 4.74 Å². The maximum atomic E-state index is 13.0. The Kier molecular flexibility index (Phi) is 10.2. The molecule has 0 bridgehead atoms. The van der Waals surface area contributed by atoms with E-state index in [1.165, 1.54) is 6.92 Å². The molecular weight excluding hydrogens is 474 g/mol. The number of alkyl carbamates (subject to hydrolysis) is 1. The second kappa shape index (κ2) is 13.8. The van der Waals surface area contributed by atoms with Gasteiger partial charge in [0.1, 0.15) is 18.8 Å². The number of anilines is 1. The minimum absolute atomic E-state index is 0.0873. The van der Waals surface area contributed by atoms with Crippen molar-refractivity contribution in [2.75, 3.05) is 11.9 Å². The fourth-order valence-corrected chi connectivity index (χ4v) is 3.71. The Labute approximate surface area is 216 Å². The Balaban J connectivity index is 1.59. The molecule has 0 aliphatic rings. The van der Waals surface area contributed by atoms with E-state index in [2.05, 4.69) is 21.0 Å². The third-order valence-electron chi connectivity index (χ3n) is 5.75. The predicted molar refractivity (Wildman–Crippen MR) is 138 cm³/mol. The predicted octanol–water partition coefficient (Wildman–Crippen LogP) is 3.04. The number of rotatable bonds is 12. The van der Waals surface area contributed by atoms with E-state index in [9.17, 15) is 19.5 Å². The lowest BCUT2D eigenvalue weighted by atomic mass is 10.1. The van der Waals surface area contributed by atoms with Gasteiger partial charge in [0.2, 0.25) is 11.8 Å². The van der Waals surface area contributed by atoms with Gasteiger partial charge in [-0.15, -0.1) is 0 Å². The van der Waals surface area contributed by atoms with Crippen molar-refractivity contribution in [3.8, 4) is 0 Å². The van der Waals surface area contributed by atoms with Gasteiger partial charge in [-0.25, -0.2) is 4.79 Å². The minimum atomic E-state index is -0.852. The molecule has 37 heavy (non-hydrogen) atoms. The number of amides is 3. The first kappa shape index (κ1) is 27.4. The number of carbonyl (C=O) groups is 3. The van der Waals surface area contributed by atoms with Crippen LogP contribution in [0.2, 0.25) is 0 Å². The number of hydrogen-bond acceptors (Lipinski definition) is 6. The molecule has 10 nitrogen and oxygen atoms in total. The van der Waals surface area contributed by atoms with Crippen LogP contribution in [0.3, 0.4) is 0 Å². The van der Waals surface area contributed by atoms with Crippen LogP contribution in [0.1, 0.15) is 49.1 Å². The molecular formula is C27H33N5O5. The number of nitrogens with one attached hydrogen (secondary N) is 3. The van der Waals surface area contributed by atoms with Gasteiger partial charge >= 0.3 is 6.09 Å². The van der Waals surface area contributed by atoms with Crippen molar-refractivity contribution < 1.29 is 24.2 Å². The Morgan fingerprint density at radius 1 is 1.03 bits per heavy atom. The van der Waals surface area contributed by atoms with E-state index in [0.29, 0.717) is 42.8 Å². The van der Waals surface area contributed by atoms with Gasteiger partial charge < -0.3 is 25.8 Å². The molecule has 0 aliphatic heterocycles. The van der Waals surface area contributed by atoms with Crippen molar-refractivity contribution in [1.82, 2.24) is 20.4 Å². The van der Waals surface area contributed by atoms with E-state index in [1.807, 2.05) is 30.3 Å². The fraction of sp³-hybridized carbons (Fsp3) is 0.333. The van der Waals surface area contributed by atoms with Crippen molar-refractivity contribution in [3.05, 3.63) is 83.7 Å². The van der Waals surface area contributed by atoms with Crippen molar-refractivity contribution in [2.45, 2.75) is 44.9 Å². The summed E-state index contributed by atoms with van der Waals surface area (Å²) in [6.07, 6.45) is 1.69. The first-order valence-corrected chi connectivity index (χ1v) is 12.1. The molecule has 3 amide bonds. The maximum Gasteiger partial charge on any atom is 0.408 e. The molecule has 0 spiro atoms. The molecule has 1 heterocycles. The summed E-state index contributed by atoms with van der Waals surface area (Å²) in [7, 11) is 1.75. The van der Waals surface area contributed by atoms with Crippen LogP contribution in [0, 0.1) is 0 Å². The van der Waals surface area contributed by atoms with Crippen molar-refractivity contribution in [2.24, 2.45) is 7.05 Å². The number of nitrogens with zero attached hydrogens (tertiary/aromatic N) is 2. The molecule has 0 saturated heterocycles. The lowest BCUT2D eigenvalue weighted by Gasteiger charge is -2.19. The highest BCUT2D eigenvalue weighted by Gasteiger charge is 2.22. The molecule has 0 aliphatic carbocycles. The Morgan fingerprint density at radius 2 is 1.76 bits per heavy atom. The SMILES string of the molecule is CC(=O)NCCCC[C@H](NC(=O)OCc1ccccc1)C(=O)Nc1ccc(C(O)c2ccnn2C)cc1. The Hall–Kier alpha value is -4.18. The average Bonchev–Trinajstić information content (AvgIpc) is 3.32. The number of aliphatic hydroxyl groups excluding tert-OH is 1. The molecule has 0 radical (unpaired) electrons. The van der Waals surface area contributed by atoms with Gasteiger partial charge in [0.05, 0.1) is 5.69 Å². The lowest BCUT2D eigenvalue weighted by molar-refractivity contribution is -0.119. The van der Waals surface area contributed by atoms with Crippen LogP contribution in [-0.4, -0.2) is 45.4 Å². The van der Waals surface area contributed by atoms with E-state index in [-0.39, 0.29) is 12.5 Å². The maximum absolute atomic E-state index is 13.0. The van der Waals surface area contributed by atoms with Gasteiger partial charge in [-0.2, -0.15) is 5.10 Å². The number of unbranched alkanes of at least 4 members (excludes halogenated alkanes) is 1. The van der Waals surface area contributed by atoms with Gasteiger partial charge in [0, 0.05) is 32.4 Å². The first-order valence-electron chi connectivity index (χ1n) is 12.1. The quantitative estimate of drug-likeness (QED) is 0.278. The zero-order valence-corrected chi connectivity index (χ0v) is 21.0. The molecule has 3 rings (SSSR count). The van der Waals surface area contributed by atoms with E-state index in [0.717, 1.165) is 5.56 Å². The molecule has 196 valence electrons. The molecule has 0 saturated carbocycles. The summed E-state index contributed by atoms with van der Waals surface area (Å²) in [5.74, 6) is -0.509. The monoisotopic (exact) mass is 507 g/mol. The smallest absolute Gasteiger partial charge is 0.408 e. The summed E-state index contributed by atoms with van der Waals surface area (Å²) in [6.45, 7) is 2.02. The van der Waals surface area contributed by atoms with Crippen LogP contribution in [0.15, 0.2) is 66.9 Å². The highest BCUT2D eigenvalue weighted by Crippen LogP contribution is 2.23. The molecule has 3 aromatic rings. The van der Waals surface area contributed by atoms with Crippen LogP contribution in [-0.2, 0) is 28.0 Å². The number of aliphatic hydroxyl groups is 1. The van der Waals surface area contributed by atoms with Crippen LogP contribution >= 0.6 is 0 Å². The number of benzene rings is 2. The Morgan fingerprint density at radius 3 is 2.41 bits per heavy atom. The summed E-state index contributed by atoms with van der Waals surface area (Å²) < 4.78 is 6.88. The van der Waals surface area contributed by atoms with Gasteiger partial charge in [-0.1, -0.05) is 42.5 Å². The summed E-state index contributed by atoms with van der Waals surface area (Å²) in [5, 5.41) is 22.8. The lowest BCUT2D eigenvalue weighted by Crippen LogP contribution is -2.44. The first-order chi connectivity index (χ1) is 17.8. The normalized spacial score (nSPS) is 12.3. The number of ether oxygens (including phenoxy) is 1. The average molecular weight is 508 g/mol. The minimum Gasteiger partial charge on any atom is -0.445 e. The van der Waals surface area contributed by atoms with Gasteiger partial charge in [-0.3, -0.25) is 14.3 Å². The number of hydrogen-bond donors (Lipinski definition) is 4. The van der Waals surface area contributed by atoms with E-state index >= 15 is 0 Å². The molecule has 2 atom stereocenters. The number of aryl methyl sites for hydroxylation is 1. The molecule has 1 unspecified atom stereocenters. The van der Waals surface area contributed by atoms with Crippen molar-refractivity contribution in [3.63, 3.8) is 0 Å². The highest BCUT2D eigenvalue weighted by molar-refractivity contribution is 5.96. The van der Waals surface area contributed by atoms with Gasteiger partial charge in [-0.05, 0) is 48.6 Å². The van der Waals surface area contributed by atoms with E-state index < -0.39 is 24.1 Å². The second-order valence-corrected chi connectivity index (χ2v) is 8.63. The topological polar surface area (TPSA) is 135 Å². The summed E-state index contributed by atoms with van der Waals surface area (Å²) >= 11 is 0. The molecule has 0 fully saturated rings. The summed E-state index contributed by atoms with van der Waals surface area (Å²) in [5.41, 5.74) is 2.66.